The van der Waals surface area contributed by atoms with Gasteiger partial charge in [-0.05, 0) is 64.6 Å². The van der Waals surface area contributed by atoms with Crippen molar-refractivity contribution in [2.24, 2.45) is 11.8 Å². The van der Waals surface area contributed by atoms with Crippen molar-refractivity contribution < 1.29 is 14.3 Å². The van der Waals surface area contributed by atoms with Crippen LogP contribution in [0.1, 0.15) is 181 Å². The highest BCUT2D eigenvalue weighted by Crippen LogP contribution is 2.28. The molecule has 1 aliphatic rings. The van der Waals surface area contributed by atoms with E-state index in [1.165, 1.54) is 148 Å². The number of carbonyl (C=O) groups excluding carboxylic acids is 2. The second kappa shape index (κ2) is 30.7. The van der Waals surface area contributed by atoms with Gasteiger partial charge in [0.15, 0.2) is 0 Å². The molecule has 0 aromatic rings. The Morgan fingerprint density at radius 1 is 0.523 bits per heavy atom. The van der Waals surface area contributed by atoms with Crippen LogP contribution in [0.3, 0.4) is 0 Å². The predicted molar refractivity (Wildman–Crippen MR) is 189 cm³/mol. The lowest BCUT2D eigenvalue weighted by Gasteiger charge is -2.28. The van der Waals surface area contributed by atoms with E-state index in [2.05, 4.69) is 30.6 Å². The summed E-state index contributed by atoms with van der Waals surface area (Å²) in [5.74, 6) is 0.0912. The van der Waals surface area contributed by atoms with E-state index < -0.39 is 0 Å². The Kier molecular flexibility index (Phi) is 28.7. The van der Waals surface area contributed by atoms with Gasteiger partial charge in [0.1, 0.15) is 12.9 Å². The van der Waals surface area contributed by atoms with Crippen molar-refractivity contribution in [3.63, 3.8) is 0 Å². The minimum atomic E-state index is -0.0373. The zero-order valence-corrected chi connectivity index (χ0v) is 30.0. The van der Waals surface area contributed by atoms with Crippen LogP contribution in [0.5, 0.6) is 0 Å². The summed E-state index contributed by atoms with van der Waals surface area (Å²) in [6.45, 7) is 14.0. The summed E-state index contributed by atoms with van der Waals surface area (Å²) in [5, 5.41) is 0. The van der Waals surface area contributed by atoms with Crippen LogP contribution >= 0.6 is 0 Å². The summed E-state index contributed by atoms with van der Waals surface area (Å²) < 4.78 is 5.82. The third kappa shape index (κ3) is 23.4. The number of carbonyl (C=O) groups is 2. The number of unbranched alkanes of at least 4 members (excludes halogenated alkanes) is 18. The predicted octanol–water partition coefficient (Wildman–Crippen LogP) is 10.4. The third-order valence-corrected chi connectivity index (χ3v) is 9.92. The molecule has 0 aromatic heterocycles. The first-order chi connectivity index (χ1) is 21.6. The normalized spacial score (nSPS) is 17.0. The Morgan fingerprint density at radius 2 is 0.886 bits per heavy atom. The Hall–Kier alpha value is -0.940. The van der Waals surface area contributed by atoms with Crippen LogP contribution in [0.2, 0.25) is 0 Å². The Bertz CT molecular complexity index is 617. The summed E-state index contributed by atoms with van der Waals surface area (Å²) in [6, 6.07) is 0. The van der Waals surface area contributed by atoms with E-state index in [9.17, 15) is 9.59 Å². The second-order valence-corrected chi connectivity index (χ2v) is 14.0. The van der Waals surface area contributed by atoms with Crippen molar-refractivity contribution in [1.82, 2.24) is 9.80 Å². The molecule has 5 heteroatoms. The molecule has 0 amide bonds. The van der Waals surface area contributed by atoms with Gasteiger partial charge in [0, 0.05) is 25.6 Å². The maximum atomic E-state index is 12.7. The van der Waals surface area contributed by atoms with E-state index in [-0.39, 0.29) is 17.8 Å². The summed E-state index contributed by atoms with van der Waals surface area (Å²) in [5.41, 5.74) is 0. The molecule has 0 unspecified atom stereocenters. The van der Waals surface area contributed by atoms with Gasteiger partial charge < -0.3 is 14.4 Å². The van der Waals surface area contributed by atoms with Crippen molar-refractivity contribution >= 4 is 12.3 Å². The van der Waals surface area contributed by atoms with Crippen LogP contribution in [-0.2, 0) is 14.3 Å². The Balaban J connectivity index is 2.55. The number of rotatable bonds is 32. The lowest BCUT2D eigenvalue weighted by Crippen LogP contribution is -2.38. The fourth-order valence-corrected chi connectivity index (χ4v) is 6.72. The van der Waals surface area contributed by atoms with Crippen molar-refractivity contribution in [3.8, 4) is 0 Å². The fraction of sp³-hybridized carbons (Fsp3) is 0.949. The lowest BCUT2D eigenvalue weighted by molar-refractivity contribution is -0.150. The first-order valence-electron chi connectivity index (χ1n) is 19.7. The molecule has 0 saturated heterocycles. The van der Waals surface area contributed by atoms with Crippen LogP contribution in [-0.4, -0.2) is 67.9 Å². The average molecular weight is 621 g/mol. The number of hydrogen-bond acceptors (Lipinski definition) is 5. The average Bonchev–Trinajstić information content (AvgIpc) is 3.05. The van der Waals surface area contributed by atoms with Crippen LogP contribution in [0.4, 0.5) is 0 Å². The molecule has 0 heterocycles. The first kappa shape index (κ1) is 41.1. The minimum Gasteiger partial charge on any atom is -0.464 e. The minimum absolute atomic E-state index is 0.0118. The SMILES string of the molecule is CCCCCCCCCN(CCCCCCCCC)CCN(CCCCCCCCC)CCOC(=O)C1CCC(C=O)CC1. The number of nitrogens with zero attached hydrogens (tertiary/aromatic N) is 2. The molecule has 1 rings (SSSR count). The molecule has 0 aliphatic heterocycles. The molecule has 0 aromatic carbocycles. The smallest absolute Gasteiger partial charge is 0.308 e. The van der Waals surface area contributed by atoms with Crippen LogP contribution in [0, 0.1) is 11.8 Å². The van der Waals surface area contributed by atoms with Crippen molar-refractivity contribution in [2.75, 3.05) is 45.9 Å². The highest BCUT2D eigenvalue weighted by Gasteiger charge is 2.27. The van der Waals surface area contributed by atoms with E-state index in [0.29, 0.717) is 6.61 Å². The highest BCUT2D eigenvalue weighted by atomic mass is 16.5. The van der Waals surface area contributed by atoms with E-state index in [4.69, 9.17) is 4.74 Å². The molecule has 0 atom stereocenters. The quantitative estimate of drug-likeness (QED) is 0.0425. The van der Waals surface area contributed by atoms with Crippen LogP contribution in [0.25, 0.3) is 0 Å². The topological polar surface area (TPSA) is 49.9 Å². The summed E-state index contributed by atoms with van der Waals surface area (Å²) >= 11 is 0. The van der Waals surface area contributed by atoms with Crippen molar-refractivity contribution in [2.45, 2.75) is 181 Å². The van der Waals surface area contributed by atoms with Gasteiger partial charge in [-0.15, -0.1) is 0 Å². The number of esters is 1. The monoisotopic (exact) mass is 621 g/mol. The molecular formula is C39H76N2O3. The van der Waals surface area contributed by atoms with E-state index >= 15 is 0 Å². The summed E-state index contributed by atoms with van der Waals surface area (Å²) in [7, 11) is 0. The Labute approximate surface area is 275 Å². The molecule has 44 heavy (non-hydrogen) atoms. The number of aldehydes is 1. The molecule has 1 aliphatic carbocycles. The zero-order valence-electron chi connectivity index (χ0n) is 30.0. The van der Waals surface area contributed by atoms with Crippen LogP contribution < -0.4 is 0 Å². The highest BCUT2D eigenvalue weighted by molar-refractivity contribution is 5.72. The number of hydrogen-bond donors (Lipinski definition) is 0. The van der Waals surface area contributed by atoms with Crippen LogP contribution in [0.15, 0.2) is 0 Å². The van der Waals surface area contributed by atoms with Gasteiger partial charge in [0.25, 0.3) is 0 Å². The molecular weight excluding hydrogens is 544 g/mol. The van der Waals surface area contributed by atoms with Gasteiger partial charge in [-0.2, -0.15) is 0 Å². The number of ether oxygens (including phenoxy) is 1. The van der Waals surface area contributed by atoms with E-state index in [1.54, 1.807) is 0 Å². The third-order valence-electron chi connectivity index (χ3n) is 9.92. The van der Waals surface area contributed by atoms with E-state index in [0.717, 1.165) is 58.1 Å². The second-order valence-electron chi connectivity index (χ2n) is 14.0. The van der Waals surface area contributed by atoms with E-state index in [1.807, 2.05) is 0 Å². The zero-order chi connectivity index (χ0) is 31.9. The molecule has 1 saturated carbocycles. The van der Waals surface area contributed by atoms with Gasteiger partial charge in [-0.25, -0.2) is 0 Å². The van der Waals surface area contributed by atoms with Gasteiger partial charge >= 0.3 is 5.97 Å². The molecule has 0 N–H and O–H groups in total. The van der Waals surface area contributed by atoms with Gasteiger partial charge in [0.05, 0.1) is 5.92 Å². The molecule has 0 spiro atoms. The molecule has 5 nitrogen and oxygen atoms in total. The maximum Gasteiger partial charge on any atom is 0.308 e. The first-order valence-corrected chi connectivity index (χ1v) is 19.7. The molecule has 260 valence electrons. The molecule has 1 fully saturated rings. The largest absolute Gasteiger partial charge is 0.464 e. The molecule has 0 bridgehead atoms. The van der Waals surface area contributed by atoms with Gasteiger partial charge in [-0.1, -0.05) is 136 Å². The standard InChI is InChI=1S/C39H76N2O3/c1-4-7-10-13-16-19-22-29-40(30-23-20-17-14-11-8-5-2)32-33-41(31-24-21-18-15-12-9-6-3)34-35-44-39(43)38-27-25-37(36-42)26-28-38/h36-38H,4-35H2,1-3H3. The summed E-state index contributed by atoms with van der Waals surface area (Å²) in [4.78, 5) is 29.2. The maximum absolute atomic E-state index is 12.7. The lowest BCUT2D eigenvalue weighted by atomic mass is 9.83. The fourth-order valence-electron chi connectivity index (χ4n) is 6.72. The van der Waals surface area contributed by atoms with Crippen molar-refractivity contribution in [3.05, 3.63) is 0 Å². The summed E-state index contributed by atoms with van der Waals surface area (Å²) in [6.07, 6.45) is 32.8. The van der Waals surface area contributed by atoms with Crippen molar-refractivity contribution in [1.29, 1.82) is 0 Å². The van der Waals surface area contributed by atoms with Gasteiger partial charge in [0.2, 0.25) is 0 Å². The Morgan fingerprint density at radius 3 is 1.27 bits per heavy atom. The van der Waals surface area contributed by atoms with Gasteiger partial charge in [-0.3, -0.25) is 9.69 Å². The molecule has 0 radical (unpaired) electrons.